The third-order valence-corrected chi connectivity index (χ3v) is 3.63. The number of nitrogens with zero attached hydrogens (tertiary/aromatic N) is 2. The van der Waals surface area contributed by atoms with Gasteiger partial charge in [-0.2, -0.15) is 0 Å². The summed E-state index contributed by atoms with van der Waals surface area (Å²) in [5, 5.41) is 9.30. The minimum absolute atomic E-state index is 0.165. The predicted octanol–water partition coefficient (Wildman–Crippen LogP) is 1.92. The Morgan fingerprint density at radius 2 is 1.86 bits per heavy atom. The molecule has 1 N–H and O–H groups in total. The van der Waals surface area contributed by atoms with Crippen molar-refractivity contribution in [2.45, 2.75) is 13.0 Å². The fourth-order valence-corrected chi connectivity index (χ4v) is 2.04. The summed E-state index contributed by atoms with van der Waals surface area (Å²) in [6.07, 6.45) is 1.58. The Kier molecular flexibility index (Phi) is 4.12. The summed E-state index contributed by atoms with van der Waals surface area (Å²) >= 11 is 0. The van der Waals surface area contributed by atoms with E-state index >= 15 is 0 Å². The molecule has 21 heavy (non-hydrogen) atoms. The quantitative estimate of drug-likeness (QED) is 0.937. The van der Waals surface area contributed by atoms with Crippen molar-refractivity contribution in [3.8, 4) is 5.75 Å². The SMILES string of the molecule is CC(c1ccc(O)cc1)N(C)C(=O)c1ccn(C)c(=O)c1. The van der Waals surface area contributed by atoms with Crippen molar-refractivity contribution in [3.05, 3.63) is 64.1 Å². The van der Waals surface area contributed by atoms with Crippen LogP contribution in [0.2, 0.25) is 0 Å². The van der Waals surface area contributed by atoms with E-state index in [0.29, 0.717) is 5.56 Å². The number of aromatic nitrogens is 1. The Labute approximate surface area is 123 Å². The molecule has 0 fully saturated rings. The molecule has 0 spiro atoms. The van der Waals surface area contributed by atoms with E-state index in [0.717, 1.165) is 5.56 Å². The van der Waals surface area contributed by atoms with Crippen molar-refractivity contribution in [1.29, 1.82) is 0 Å². The number of benzene rings is 1. The average molecular weight is 286 g/mol. The molecular weight excluding hydrogens is 268 g/mol. The van der Waals surface area contributed by atoms with E-state index < -0.39 is 0 Å². The van der Waals surface area contributed by atoms with Gasteiger partial charge >= 0.3 is 0 Å². The normalized spacial score (nSPS) is 12.0. The lowest BCUT2D eigenvalue weighted by atomic mass is 10.1. The summed E-state index contributed by atoms with van der Waals surface area (Å²) in [4.78, 5) is 25.6. The highest BCUT2D eigenvalue weighted by atomic mass is 16.3. The van der Waals surface area contributed by atoms with Gasteiger partial charge in [0.15, 0.2) is 0 Å². The van der Waals surface area contributed by atoms with E-state index in [-0.39, 0.29) is 23.3 Å². The zero-order chi connectivity index (χ0) is 15.6. The third kappa shape index (κ3) is 3.13. The molecule has 1 aromatic heterocycles. The van der Waals surface area contributed by atoms with Crippen molar-refractivity contribution < 1.29 is 9.90 Å². The van der Waals surface area contributed by atoms with Gasteiger partial charge in [0, 0.05) is 31.9 Å². The van der Waals surface area contributed by atoms with Gasteiger partial charge in [0.1, 0.15) is 5.75 Å². The standard InChI is InChI=1S/C16H18N2O3/c1-11(12-4-6-14(19)7-5-12)18(3)16(21)13-8-9-17(2)15(20)10-13/h4-11,19H,1-3H3. The summed E-state index contributed by atoms with van der Waals surface area (Å²) < 4.78 is 1.42. The van der Waals surface area contributed by atoms with Crippen LogP contribution in [-0.2, 0) is 7.05 Å². The maximum atomic E-state index is 12.4. The number of aromatic hydroxyl groups is 1. The molecule has 0 radical (unpaired) electrons. The van der Waals surface area contributed by atoms with Gasteiger partial charge in [-0.3, -0.25) is 9.59 Å². The van der Waals surface area contributed by atoms with Crippen LogP contribution in [-0.4, -0.2) is 27.5 Å². The third-order valence-electron chi connectivity index (χ3n) is 3.63. The van der Waals surface area contributed by atoms with Gasteiger partial charge in [-0.25, -0.2) is 0 Å². The first-order valence-electron chi connectivity index (χ1n) is 6.63. The smallest absolute Gasteiger partial charge is 0.254 e. The highest BCUT2D eigenvalue weighted by Gasteiger charge is 2.19. The van der Waals surface area contributed by atoms with Crippen LogP contribution in [0, 0.1) is 0 Å². The Morgan fingerprint density at radius 1 is 1.24 bits per heavy atom. The molecule has 0 bridgehead atoms. The molecule has 2 aromatic rings. The Bertz CT molecular complexity index is 704. The largest absolute Gasteiger partial charge is 0.508 e. The van der Waals surface area contributed by atoms with Crippen LogP contribution in [0.25, 0.3) is 0 Å². The molecule has 2 rings (SSSR count). The van der Waals surface area contributed by atoms with E-state index in [1.807, 2.05) is 6.92 Å². The van der Waals surface area contributed by atoms with Gasteiger partial charge < -0.3 is 14.6 Å². The number of aryl methyl sites for hydroxylation is 1. The van der Waals surface area contributed by atoms with E-state index in [2.05, 4.69) is 0 Å². The Hall–Kier alpha value is -2.56. The summed E-state index contributed by atoms with van der Waals surface area (Å²) in [7, 11) is 3.33. The van der Waals surface area contributed by atoms with Crippen molar-refractivity contribution in [2.75, 3.05) is 7.05 Å². The molecule has 5 nitrogen and oxygen atoms in total. The van der Waals surface area contributed by atoms with Crippen LogP contribution in [0.3, 0.4) is 0 Å². The molecule has 0 saturated carbocycles. The fraction of sp³-hybridized carbons (Fsp3) is 0.250. The molecule has 1 heterocycles. The molecule has 110 valence electrons. The van der Waals surface area contributed by atoms with Crippen LogP contribution >= 0.6 is 0 Å². The summed E-state index contributed by atoms with van der Waals surface area (Å²) in [6.45, 7) is 1.89. The van der Waals surface area contributed by atoms with E-state index in [9.17, 15) is 14.7 Å². The molecule has 0 aliphatic rings. The maximum absolute atomic E-state index is 12.4. The van der Waals surface area contributed by atoms with Crippen molar-refractivity contribution in [3.63, 3.8) is 0 Å². The van der Waals surface area contributed by atoms with Crippen molar-refractivity contribution in [1.82, 2.24) is 9.47 Å². The molecule has 5 heteroatoms. The highest BCUT2D eigenvalue weighted by molar-refractivity contribution is 5.94. The first-order valence-corrected chi connectivity index (χ1v) is 6.63. The molecule has 1 unspecified atom stereocenters. The van der Waals surface area contributed by atoms with Gasteiger partial charge in [-0.15, -0.1) is 0 Å². The van der Waals surface area contributed by atoms with Crippen LogP contribution in [0.1, 0.15) is 28.9 Å². The highest BCUT2D eigenvalue weighted by Crippen LogP contribution is 2.22. The molecule has 0 aliphatic carbocycles. The lowest BCUT2D eigenvalue weighted by Crippen LogP contribution is -2.31. The number of carbonyl (C=O) groups is 1. The number of amides is 1. The van der Waals surface area contributed by atoms with Gasteiger partial charge in [-0.1, -0.05) is 12.1 Å². The molecule has 0 aliphatic heterocycles. The fourth-order valence-electron chi connectivity index (χ4n) is 2.04. The number of hydrogen-bond acceptors (Lipinski definition) is 3. The lowest BCUT2D eigenvalue weighted by molar-refractivity contribution is 0.0742. The summed E-state index contributed by atoms with van der Waals surface area (Å²) in [5.41, 5.74) is 1.06. The predicted molar refractivity (Wildman–Crippen MR) is 80.3 cm³/mol. The first kappa shape index (κ1) is 14.8. The van der Waals surface area contributed by atoms with Crippen LogP contribution in [0.4, 0.5) is 0 Å². The Balaban J connectivity index is 2.23. The second-order valence-electron chi connectivity index (χ2n) is 5.05. The summed E-state index contributed by atoms with van der Waals surface area (Å²) in [5.74, 6) is -0.0280. The zero-order valence-corrected chi connectivity index (χ0v) is 12.3. The number of pyridine rings is 1. The van der Waals surface area contributed by atoms with E-state index in [1.165, 1.54) is 10.6 Å². The minimum Gasteiger partial charge on any atom is -0.508 e. The van der Waals surface area contributed by atoms with Crippen LogP contribution in [0.5, 0.6) is 5.75 Å². The van der Waals surface area contributed by atoms with Gasteiger partial charge in [0.05, 0.1) is 6.04 Å². The molecule has 1 atom stereocenters. The molecule has 1 aromatic carbocycles. The van der Waals surface area contributed by atoms with Crippen molar-refractivity contribution in [2.24, 2.45) is 7.05 Å². The number of hydrogen-bond donors (Lipinski definition) is 1. The number of phenols is 1. The van der Waals surface area contributed by atoms with Gasteiger partial charge in [-0.05, 0) is 30.7 Å². The Morgan fingerprint density at radius 3 is 2.43 bits per heavy atom. The topological polar surface area (TPSA) is 62.5 Å². The lowest BCUT2D eigenvalue weighted by Gasteiger charge is -2.25. The van der Waals surface area contributed by atoms with E-state index in [4.69, 9.17) is 0 Å². The second-order valence-corrected chi connectivity index (χ2v) is 5.05. The monoisotopic (exact) mass is 286 g/mol. The van der Waals surface area contributed by atoms with Gasteiger partial charge in [0.2, 0.25) is 0 Å². The summed E-state index contributed by atoms with van der Waals surface area (Å²) in [6, 6.07) is 9.51. The first-order chi connectivity index (χ1) is 9.90. The number of phenolic OH excluding ortho intramolecular Hbond substituents is 1. The molecule has 1 amide bonds. The zero-order valence-electron chi connectivity index (χ0n) is 12.3. The van der Waals surface area contributed by atoms with E-state index in [1.54, 1.807) is 55.5 Å². The van der Waals surface area contributed by atoms with Crippen LogP contribution in [0.15, 0.2) is 47.4 Å². The average Bonchev–Trinajstić information content (AvgIpc) is 2.48. The molecule has 0 saturated heterocycles. The second kappa shape index (κ2) is 5.83. The van der Waals surface area contributed by atoms with Crippen molar-refractivity contribution >= 4 is 5.91 Å². The van der Waals surface area contributed by atoms with Crippen LogP contribution < -0.4 is 5.56 Å². The molecular formula is C16H18N2O3. The van der Waals surface area contributed by atoms with Gasteiger partial charge in [0.25, 0.3) is 11.5 Å². The number of carbonyl (C=O) groups excluding carboxylic acids is 1. The maximum Gasteiger partial charge on any atom is 0.254 e. The minimum atomic E-state index is -0.216. The number of rotatable bonds is 3.